The van der Waals surface area contributed by atoms with Crippen LogP contribution in [-0.2, 0) is 28.6 Å². The first-order valence-electron chi connectivity index (χ1n) is 27.3. The molecule has 0 aliphatic rings. The van der Waals surface area contributed by atoms with Crippen molar-refractivity contribution in [2.75, 3.05) is 13.2 Å². The van der Waals surface area contributed by atoms with Crippen LogP contribution in [-0.4, -0.2) is 37.2 Å². The monoisotopic (exact) mass is 895 g/mol. The highest BCUT2D eigenvalue weighted by molar-refractivity contribution is 5.71. The van der Waals surface area contributed by atoms with E-state index in [-0.39, 0.29) is 31.1 Å². The number of carbonyl (C=O) groups excluding carboxylic acids is 3. The third kappa shape index (κ3) is 50.1. The standard InChI is InChI=1S/C58H102O6/c1-4-7-10-13-16-19-22-25-27-28-29-30-31-34-36-39-42-45-48-51-57(60)63-54-55(53-62-56(59)50-47-44-41-38-35-32-24-21-18-15-12-9-6-3)64-58(61)52-49-46-43-40-37-33-26-23-20-17-14-11-8-5-2/h9,12,15,18,21,24,28-29,32,35,55H,4-8,10-11,13-14,16-17,19-20,22-23,25-27,30-31,33-34,36-54H2,1-3H3/b12-9-,18-15-,24-21-,29-28-,35-32-. The third-order valence-electron chi connectivity index (χ3n) is 11.9. The van der Waals surface area contributed by atoms with E-state index in [2.05, 4.69) is 51.2 Å². The summed E-state index contributed by atoms with van der Waals surface area (Å²) >= 11 is 0. The fourth-order valence-electron chi connectivity index (χ4n) is 7.74. The normalized spacial score (nSPS) is 12.5. The summed E-state index contributed by atoms with van der Waals surface area (Å²) in [5, 5.41) is 0. The van der Waals surface area contributed by atoms with Crippen molar-refractivity contribution >= 4 is 17.9 Å². The highest BCUT2D eigenvalue weighted by Gasteiger charge is 2.19. The van der Waals surface area contributed by atoms with Gasteiger partial charge in [0.05, 0.1) is 0 Å². The zero-order valence-electron chi connectivity index (χ0n) is 42.3. The van der Waals surface area contributed by atoms with Gasteiger partial charge in [-0.15, -0.1) is 0 Å². The lowest BCUT2D eigenvalue weighted by Gasteiger charge is -2.18. The Hall–Kier alpha value is -2.89. The van der Waals surface area contributed by atoms with Crippen LogP contribution in [0.3, 0.4) is 0 Å². The van der Waals surface area contributed by atoms with Crippen molar-refractivity contribution in [3.8, 4) is 0 Å². The Bertz CT molecular complexity index is 1170. The molecule has 0 aliphatic heterocycles. The Labute approximate surface area is 396 Å². The van der Waals surface area contributed by atoms with E-state index in [4.69, 9.17) is 14.2 Å². The van der Waals surface area contributed by atoms with Crippen LogP contribution in [0.5, 0.6) is 0 Å². The lowest BCUT2D eigenvalue weighted by atomic mass is 10.0. The quantitative estimate of drug-likeness (QED) is 0.0199. The third-order valence-corrected chi connectivity index (χ3v) is 11.9. The maximum Gasteiger partial charge on any atom is 0.306 e. The first kappa shape index (κ1) is 61.1. The van der Waals surface area contributed by atoms with Crippen molar-refractivity contribution in [1.29, 1.82) is 0 Å². The molecule has 0 aromatic rings. The van der Waals surface area contributed by atoms with Crippen LogP contribution in [0.1, 0.15) is 271 Å². The van der Waals surface area contributed by atoms with Gasteiger partial charge in [-0.05, 0) is 64.2 Å². The summed E-state index contributed by atoms with van der Waals surface area (Å²) in [4.78, 5) is 38.0. The first-order chi connectivity index (χ1) is 31.5. The van der Waals surface area contributed by atoms with Crippen LogP contribution in [0, 0.1) is 0 Å². The SMILES string of the molecule is CC\C=C/C=C\C=C/C=C\CCCCCC(=O)OCC(COC(=O)CCCCCCCCC/C=C\CCCCCCCCCC)OC(=O)CCCCCCCCCCCCCCCC. The second kappa shape index (κ2) is 52.7. The number of ether oxygens (including phenoxy) is 3. The van der Waals surface area contributed by atoms with Gasteiger partial charge in [0.25, 0.3) is 0 Å². The summed E-state index contributed by atoms with van der Waals surface area (Å²) < 4.78 is 16.8. The van der Waals surface area contributed by atoms with E-state index in [1.807, 2.05) is 30.4 Å². The molecule has 0 heterocycles. The van der Waals surface area contributed by atoms with Crippen LogP contribution in [0.15, 0.2) is 60.8 Å². The van der Waals surface area contributed by atoms with Crippen molar-refractivity contribution in [2.24, 2.45) is 0 Å². The molecule has 0 fully saturated rings. The Morgan fingerprint density at radius 3 is 1.02 bits per heavy atom. The van der Waals surface area contributed by atoms with Crippen LogP contribution in [0.4, 0.5) is 0 Å². The van der Waals surface area contributed by atoms with Crippen LogP contribution in [0.2, 0.25) is 0 Å². The Kier molecular flexibility index (Phi) is 50.4. The highest BCUT2D eigenvalue weighted by atomic mass is 16.6. The number of hydrogen-bond donors (Lipinski definition) is 0. The molecular weight excluding hydrogens is 793 g/mol. The molecule has 6 heteroatoms. The predicted octanol–water partition coefficient (Wildman–Crippen LogP) is 18.0. The van der Waals surface area contributed by atoms with Gasteiger partial charge in [0.2, 0.25) is 0 Å². The highest BCUT2D eigenvalue weighted by Crippen LogP contribution is 2.16. The minimum atomic E-state index is -0.789. The molecule has 0 saturated carbocycles. The molecule has 0 bridgehead atoms. The number of rotatable bonds is 49. The molecule has 64 heavy (non-hydrogen) atoms. The minimum absolute atomic E-state index is 0.0871. The molecule has 0 aromatic carbocycles. The number of hydrogen-bond acceptors (Lipinski definition) is 6. The average Bonchev–Trinajstić information content (AvgIpc) is 3.29. The summed E-state index contributed by atoms with van der Waals surface area (Å²) in [7, 11) is 0. The summed E-state index contributed by atoms with van der Waals surface area (Å²) in [6.45, 7) is 6.48. The second-order valence-electron chi connectivity index (χ2n) is 18.2. The van der Waals surface area contributed by atoms with Gasteiger partial charge in [-0.25, -0.2) is 0 Å². The number of unbranched alkanes of at least 4 members (excludes halogenated alkanes) is 31. The van der Waals surface area contributed by atoms with Gasteiger partial charge in [0.1, 0.15) is 13.2 Å². The van der Waals surface area contributed by atoms with E-state index in [0.29, 0.717) is 19.3 Å². The van der Waals surface area contributed by atoms with Gasteiger partial charge >= 0.3 is 17.9 Å². The Morgan fingerprint density at radius 2 is 0.625 bits per heavy atom. The van der Waals surface area contributed by atoms with Crippen LogP contribution < -0.4 is 0 Å². The minimum Gasteiger partial charge on any atom is -0.462 e. The molecule has 0 rings (SSSR count). The predicted molar refractivity (Wildman–Crippen MR) is 275 cm³/mol. The number of allylic oxidation sites excluding steroid dienone is 10. The lowest BCUT2D eigenvalue weighted by Crippen LogP contribution is -2.30. The molecule has 1 atom stereocenters. The zero-order valence-corrected chi connectivity index (χ0v) is 42.3. The van der Waals surface area contributed by atoms with E-state index in [9.17, 15) is 14.4 Å². The van der Waals surface area contributed by atoms with Crippen LogP contribution in [0.25, 0.3) is 0 Å². The van der Waals surface area contributed by atoms with Gasteiger partial charge in [-0.1, -0.05) is 248 Å². The lowest BCUT2D eigenvalue weighted by molar-refractivity contribution is -0.167. The van der Waals surface area contributed by atoms with E-state index < -0.39 is 6.10 Å². The van der Waals surface area contributed by atoms with E-state index >= 15 is 0 Å². The molecule has 0 aliphatic carbocycles. The molecule has 6 nitrogen and oxygen atoms in total. The summed E-state index contributed by atoms with van der Waals surface area (Å²) in [6, 6.07) is 0. The fourth-order valence-corrected chi connectivity index (χ4v) is 7.74. The van der Waals surface area contributed by atoms with Crippen molar-refractivity contribution in [2.45, 2.75) is 277 Å². The number of esters is 3. The molecule has 0 amide bonds. The number of carbonyl (C=O) groups is 3. The van der Waals surface area contributed by atoms with Gasteiger partial charge < -0.3 is 14.2 Å². The first-order valence-corrected chi connectivity index (χ1v) is 27.3. The molecule has 0 radical (unpaired) electrons. The van der Waals surface area contributed by atoms with Gasteiger partial charge in [-0.2, -0.15) is 0 Å². The smallest absolute Gasteiger partial charge is 0.306 e. The van der Waals surface area contributed by atoms with Crippen molar-refractivity contribution in [1.82, 2.24) is 0 Å². The topological polar surface area (TPSA) is 78.9 Å². The molecule has 0 spiro atoms. The van der Waals surface area contributed by atoms with E-state index in [1.165, 1.54) is 161 Å². The maximum absolute atomic E-state index is 12.8. The summed E-state index contributed by atoms with van der Waals surface area (Å²) in [5.74, 6) is -0.923. The Balaban J connectivity index is 4.38. The molecule has 0 aromatic heterocycles. The average molecular weight is 895 g/mol. The van der Waals surface area contributed by atoms with Gasteiger partial charge in [-0.3, -0.25) is 14.4 Å². The second-order valence-corrected chi connectivity index (χ2v) is 18.2. The summed E-state index contributed by atoms with van der Waals surface area (Å²) in [5.41, 5.74) is 0. The van der Waals surface area contributed by atoms with E-state index in [1.54, 1.807) is 0 Å². The maximum atomic E-state index is 12.8. The molecule has 0 saturated heterocycles. The largest absolute Gasteiger partial charge is 0.462 e. The molecule has 370 valence electrons. The summed E-state index contributed by atoms with van der Waals surface area (Å²) in [6.07, 6.45) is 65.0. The van der Waals surface area contributed by atoms with Crippen LogP contribution >= 0.6 is 0 Å². The molecule has 0 N–H and O–H groups in total. The molecule has 1 unspecified atom stereocenters. The fraction of sp³-hybridized carbons (Fsp3) is 0.776. The van der Waals surface area contributed by atoms with Gasteiger partial charge in [0, 0.05) is 19.3 Å². The Morgan fingerprint density at radius 1 is 0.328 bits per heavy atom. The van der Waals surface area contributed by atoms with Gasteiger partial charge in [0.15, 0.2) is 6.10 Å². The molecular formula is C58H102O6. The van der Waals surface area contributed by atoms with Crippen molar-refractivity contribution < 1.29 is 28.6 Å². The van der Waals surface area contributed by atoms with E-state index in [0.717, 1.165) is 70.6 Å². The van der Waals surface area contributed by atoms with Crippen molar-refractivity contribution in [3.05, 3.63) is 60.8 Å². The zero-order chi connectivity index (χ0) is 46.5. The van der Waals surface area contributed by atoms with Crippen molar-refractivity contribution in [3.63, 3.8) is 0 Å².